The summed E-state index contributed by atoms with van der Waals surface area (Å²) in [5, 5.41) is 10.1. The van der Waals surface area contributed by atoms with E-state index in [4.69, 9.17) is 5.73 Å². The molecule has 1 heterocycles. The first-order valence-corrected chi connectivity index (χ1v) is 6.77. The molecule has 0 aromatic heterocycles. The molecule has 1 unspecified atom stereocenters. The van der Waals surface area contributed by atoms with Gasteiger partial charge >= 0.3 is 0 Å². The van der Waals surface area contributed by atoms with Gasteiger partial charge in [-0.05, 0) is 56.8 Å². The molecule has 0 radical (unpaired) electrons. The molecule has 0 spiro atoms. The van der Waals surface area contributed by atoms with Crippen molar-refractivity contribution >= 4 is 5.69 Å². The number of likely N-dealkylation sites (tertiary alicyclic amines) is 1. The molecule has 1 fully saturated rings. The van der Waals surface area contributed by atoms with Crippen LogP contribution >= 0.6 is 0 Å². The Bertz CT molecular complexity index is 415. The zero-order chi connectivity index (χ0) is 13.2. The fourth-order valence-corrected chi connectivity index (χ4v) is 2.59. The number of hydrogen-bond acceptors (Lipinski definition) is 3. The molecule has 1 aromatic rings. The number of hydrogen-bond donors (Lipinski definition) is 2. The SMILES string of the molecule is Cc1c(N)cccc1CN1CCCC(C)(O)CC1. The van der Waals surface area contributed by atoms with Crippen molar-refractivity contribution < 1.29 is 5.11 Å². The summed E-state index contributed by atoms with van der Waals surface area (Å²) in [6, 6.07) is 6.12. The van der Waals surface area contributed by atoms with Crippen molar-refractivity contribution in [3.05, 3.63) is 29.3 Å². The largest absolute Gasteiger partial charge is 0.399 e. The molecule has 3 heteroatoms. The van der Waals surface area contributed by atoms with E-state index < -0.39 is 5.60 Å². The summed E-state index contributed by atoms with van der Waals surface area (Å²) in [6.07, 6.45) is 2.82. The van der Waals surface area contributed by atoms with Crippen LogP contribution < -0.4 is 5.73 Å². The number of anilines is 1. The first kappa shape index (κ1) is 13.4. The van der Waals surface area contributed by atoms with Gasteiger partial charge in [-0.15, -0.1) is 0 Å². The van der Waals surface area contributed by atoms with E-state index in [0.717, 1.165) is 44.6 Å². The normalized spacial score (nSPS) is 25.9. The highest BCUT2D eigenvalue weighted by atomic mass is 16.3. The number of nitrogen functional groups attached to an aromatic ring is 1. The number of nitrogens with zero attached hydrogens (tertiary/aromatic N) is 1. The van der Waals surface area contributed by atoms with Gasteiger partial charge < -0.3 is 10.8 Å². The third-order valence-electron chi connectivity index (χ3n) is 4.04. The average molecular weight is 248 g/mol. The monoisotopic (exact) mass is 248 g/mol. The van der Waals surface area contributed by atoms with Crippen molar-refractivity contribution in [1.82, 2.24) is 4.90 Å². The summed E-state index contributed by atoms with van der Waals surface area (Å²) in [5.74, 6) is 0. The Morgan fingerprint density at radius 1 is 1.33 bits per heavy atom. The van der Waals surface area contributed by atoms with Crippen LogP contribution in [0.5, 0.6) is 0 Å². The van der Waals surface area contributed by atoms with E-state index >= 15 is 0 Å². The first-order valence-electron chi connectivity index (χ1n) is 6.77. The van der Waals surface area contributed by atoms with E-state index in [1.165, 1.54) is 11.1 Å². The van der Waals surface area contributed by atoms with Gasteiger partial charge in [-0.25, -0.2) is 0 Å². The maximum Gasteiger partial charge on any atom is 0.0632 e. The molecule has 1 aliphatic heterocycles. The van der Waals surface area contributed by atoms with Gasteiger partial charge in [-0.3, -0.25) is 4.90 Å². The first-order chi connectivity index (χ1) is 8.48. The summed E-state index contributed by atoms with van der Waals surface area (Å²) < 4.78 is 0. The maximum atomic E-state index is 10.1. The van der Waals surface area contributed by atoms with Gasteiger partial charge in [0.2, 0.25) is 0 Å². The third kappa shape index (κ3) is 3.24. The number of rotatable bonds is 2. The molecule has 0 saturated carbocycles. The molecular weight excluding hydrogens is 224 g/mol. The van der Waals surface area contributed by atoms with Crippen molar-refractivity contribution in [3.8, 4) is 0 Å². The Morgan fingerprint density at radius 2 is 2.11 bits per heavy atom. The van der Waals surface area contributed by atoms with Gasteiger partial charge in [-0.1, -0.05) is 12.1 Å². The number of benzene rings is 1. The highest BCUT2D eigenvalue weighted by Crippen LogP contribution is 2.24. The van der Waals surface area contributed by atoms with Crippen molar-refractivity contribution in [1.29, 1.82) is 0 Å². The van der Waals surface area contributed by atoms with E-state index in [0.29, 0.717) is 0 Å². The number of nitrogens with two attached hydrogens (primary N) is 1. The molecule has 0 bridgehead atoms. The lowest BCUT2D eigenvalue weighted by Crippen LogP contribution is -2.28. The Hall–Kier alpha value is -1.06. The lowest BCUT2D eigenvalue weighted by atomic mass is 9.98. The Kier molecular flexibility index (Phi) is 3.93. The van der Waals surface area contributed by atoms with Gasteiger partial charge in [0.05, 0.1) is 5.60 Å². The van der Waals surface area contributed by atoms with Crippen molar-refractivity contribution in [2.24, 2.45) is 0 Å². The quantitative estimate of drug-likeness (QED) is 0.790. The van der Waals surface area contributed by atoms with Crippen LogP contribution in [0.4, 0.5) is 5.69 Å². The maximum absolute atomic E-state index is 10.1. The topological polar surface area (TPSA) is 49.5 Å². The van der Waals surface area contributed by atoms with Gasteiger partial charge in [0.1, 0.15) is 0 Å². The summed E-state index contributed by atoms with van der Waals surface area (Å²) in [4.78, 5) is 2.42. The molecule has 18 heavy (non-hydrogen) atoms. The molecule has 2 rings (SSSR count). The fraction of sp³-hybridized carbons (Fsp3) is 0.600. The van der Waals surface area contributed by atoms with E-state index in [9.17, 15) is 5.11 Å². The Morgan fingerprint density at radius 3 is 2.89 bits per heavy atom. The average Bonchev–Trinajstić information content (AvgIpc) is 2.47. The summed E-state index contributed by atoms with van der Waals surface area (Å²) in [7, 11) is 0. The van der Waals surface area contributed by atoms with Gasteiger partial charge in [0.25, 0.3) is 0 Å². The zero-order valence-electron chi connectivity index (χ0n) is 11.4. The van der Waals surface area contributed by atoms with Crippen LogP contribution in [-0.2, 0) is 6.54 Å². The second-order valence-electron chi connectivity index (χ2n) is 5.76. The third-order valence-corrected chi connectivity index (χ3v) is 4.04. The molecule has 3 N–H and O–H groups in total. The molecule has 1 atom stereocenters. The Balaban J connectivity index is 2.03. The minimum Gasteiger partial charge on any atom is -0.399 e. The standard InChI is InChI=1S/C15H24N2O/c1-12-13(5-3-6-14(12)16)11-17-9-4-7-15(2,18)8-10-17/h3,5-6,18H,4,7-11,16H2,1-2H3. The van der Waals surface area contributed by atoms with Crippen molar-refractivity contribution in [2.45, 2.75) is 45.3 Å². The second-order valence-corrected chi connectivity index (χ2v) is 5.76. The summed E-state index contributed by atoms with van der Waals surface area (Å²) in [6.45, 7) is 6.99. The van der Waals surface area contributed by atoms with Crippen LogP contribution in [0.25, 0.3) is 0 Å². The minimum atomic E-state index is -0.487. The van der Waals surface area contributed by atoms with Gasteiger partial charge in [0.15, 0.2) is 0 Å². The van der Waals surface area contributed by atoms with Crippen LogP contribution in [0.2, 0.25) is 0 Å². The molecule has 1 aliphatic rings. The van der Waals surface area contributed by atoms with E-state index in [1.54, 1.807) is 0 Å². The van der Waals surface area contributed by atoms with Gasteiger partial charge in [0, 0.05) is 18.8 Å². The second kappa shape index (κ2) is 5.29. The zero-order valence-corrected chi connectivity index (χ0v) is 11.4. The van der Waals surface area contributed by atoms with E-state index in [2.05, 4.69) is 17.9 Å². The molecule has 0 aliphatic carbocycles. The van der Waals surface area contributed by atoms with Gasteiger partial charge in [-0.2, -0.15) is 0 Å². The molecule has 1 saturated heterocycles. The predicted molar refractivity (Wildman–Crippen MR) is 75.3 cm³/mol. The molecule has 0 amide bonds. The van der Waals surface area contributed by atoms with Crippen LogP contribution in [-0.4, -0.2) is 28.7 Å². The predicted octanol–water partition coefficient (Wildman–Crippen LogP) is 2.31. The number of aliphatic hydroxyl groups is 1. The highest BCUT2D eigenvalue weighted by Gasteiger charge is 2.24. The van der Waals surface area contributed by atoms with Crippen LogP contribution in [0.15, 0.2) is 18.2 Å². The summed E-state index contributed by atoms with van der Waals surface area (Å²) >= 11 is 0. The van der Waals surface area contributed by atoms with E-state index in [-0.39, 0.29) is 0 Å². The van der Waals surface area contributed by atoms with Crippen molar-refractivity contribution in [3.63, 3.8) is 0 Å². The van der Waals surface area contributed by atoms with Crippen LogP contribution in [0, 0.1) is 6.92 Å². The Labute approximate surface area is 110 Å². The molecule has 1 aromatic carbocycles. The van der Waals surface area contributed by atoms with E-state index in [1.807, 2.05) is 19.1 Å². The van der Waals surface area contributed by atoms with Crippen molar-refractivity contribution in [2.75, 3.05) is 18.8 Å². The summed E-state index contributed by atoms with van der Waals surface area (Å²) in [5.41, 5.74) is 8.82. The highest BCUT2D eigenvalue weighted by molar-refractivity contribution is 5.49. The minimum absolute atomic E-state index is 0.487. The molecular formula is C15H24N2O. The van der Waals surface area contributed by atoms with Crippen LogP contribution in [0.1, 0.15) is 37.3 Å². The molecule has 3 nitrogen and oxygen atoms in total. The lowest BCUT2D eigenvalue weighted by Gasteiger charge is -2.23. The smallest absolute Gasteiger partial charge is 0.0632 e. The lowest BCUT2D eigenvalue weighted by molar-refractivity contribution is 0.0444. The van der Waals surface area contributed by atoms with Crippen LogP contribution in [0.3, 0.4) is 0 Å². The molecule has 100 valence electrons. The fourth-order valence-electron chi connectivity index (χ4n) is 2.59.